The standard InChI is InChI=1S/C15H33NO/c1-7-12-16-14(11-9-10-13(3)4)15(5,8-2)17-6/h13-14,16H,7-12H2,1-6H3. The lowest BCUT2D eigenvalue weighted by Crippen LogP contribution is -2.50. The molecule has 0 spiro atoms. The summed E-state index contributed by atoms with van der Waals surface area (Å²) in [6.45, 7) is 12.3. The van der Waals surface area contributed by atoms with Crippen LogP contribution in [-0.4, -0.2) is 25.3 Å². The Hall–Kier alpha value is -0.0800. The molecule has 2 nitrogen and oxygen atoms in total. The molecule has 0 aliphatic rings. The minimum atomic E-state index is -0.0217. The normalized spacial score (nSPS) is 17.1. The van der Waals surface area contributed by atoms with Crippen LogP contribution >= 0.6 is 0 Å². The summed E-state index contributed by atoms with van der Waals surface area (Å²) >= 11 is 0. The third kappa shape index (κ3) is 6.42. The fourth-order valence-electron chi connectivity index (χ4n) is 2.21. The van der Waals surface area contributed by atoms with Crippen LogP contribution in [0.25, 0.3) is 0 Å². The van der Waals surface area contributed by atoms with Crippen LogP contribution in [0.3, 0.4) is 0 Å². The predicted molar refractivity (Wildman–Crippen MR) is 76.5 cm³/mol. The van der Waals surface area contributed by atoms with Crippen LogP contribution in [0.4, 0.5) is 0 Å². The highest BCUT2D eigenvalue weighted by molar-refractivity contribution is 4.88. The molecule has 0 aliphatic heterocycles. The summed E-state index contributed by atoms with van der Waals surface area (Å²) in [6, 6.07) is 0.483. The molecule has 0 saturated carbocycles. The summed E-state index contributed by atoms with van der Waals surface area (Å²) in [5.74, 6) is 0.803. The molecule has 0 radical (unpaired) electrons. The van der Waals surface area contributed by atoms with E-state index < -0.39 is 0 Å². The Bertz CT molecular complexity index is 176. The molecule has 0 bridgehead atoms. The van der Waals surface area contributed by atoms with E-state index in [0.29, 0.717) is 6.04 Å². The third-order valence-corrected chi connectivity index (χ3v) is 3.82. The third-order valence-electron chi connectivity index (χ3n) is 3.82. The molecular weight excluding hydrogens is 210 g/mol. The molecule has 2 unspecified atom stereocenters. The smallest absolute Gasteiger partial charge is 0.0800 e. The Morgan fingerprint density at radius 3 is 2.24 bits per heavy atom. The fourth-order valence-corrected chi connectivity index (χ4v) is 2.21. The zero-order valence-electron chi connectivity index (χ0n) is 12.8. The van der Waals surface area contributed by atoms with Crippen molar-refractivity contribution in [2.45, 2.75) is 78.4 Å². The minimum Gasteiger partial charge on any atom is -0.377 e. The van der Waals surface area contributed by atoms with E-state index in [-0.39, 0.29) is 5.60 Å². The van der Waals surface area contributed by atoms with Crippen molar-refractivity contribution in [1.29, 1.82) is 0 Å². The first-order valence-electron chi connectivity index (χ1n) is 7.28. The summed E-state index contributed by atoms with van der Waals surface area (Å²) in [4.78, 5) is 0. The Kier molecular flexibility index (Phi) is 8.89. The maximum absolute atomic E-state index is 5.74. The summed E-state index contributed by atoms with van der Waals surface area (Å²) in [6.07, 6.45) is 6.07. The lowest BCUT2D eigenvalue weighted by atomic mass is 9.88. The van der Waals surface area contributed by atoms with Gasteiger partial charge < -0.3 is 10.1 Å². The van der Waals surface area contributed by atoms with Gasteiger partial charge in [-0.1, -0.05) is 40.5 Å². The summed E-state index contributed by atoms with van der Waals surface area (Å²) in [5, 5.41) is 3.66. The average molecular weight is 243 g/mol. The van der Waals surface area contributed by atoms with E-state index in [1.165, 1.54) is 25.7 Å². The number of methoxy groups -OCH3 is 1. The Morgan fingerprint density at radius 2 is 1.82 bits per heavy atom. The van der Waals surface area contributed by atoms with Crippen LogP contribution in [0.1, 0.15) is 66.7 Å². The van der Waals surface area contributed by atoms with Crippen LogP contribution in [0.15, 0.2) is 0 Å². The van der Waals surface area contributed by atoms with E-state index in [1.54, 1.807) is 0 Å². The highest BCUT2D eigenvalue weighted by Crippen LogP contribution is 2.24. The second kappa shape index (κ2) is 8.93. The summed E-state index contributed by atoms with van der Waals surface area (Å²) in [5.41, 5.74) is -0.0217. The average Bonchev–Trinajstić information content (AvgIpc) is 2.32. The van der Waals surface area contributed by atoms with Crippen LogP contribution < -0.4 is 5.32 Å². The molecule has 104 valence electrons. The van der Waals surface area contributed by atoms with E-state index in [1.807, 2.05) is 7.11 Å². The maximum Gasteiger partial charge on any atom is 0.0800 e. The largest absolute Gasteiger partial charge is 0.377 e. The fraction of sp³-hybridized carbons (Fsp3) is 1.00. The van der Waals surface area contributed by atoms with Gasteiger partial charge in [0.1, 0.15) is 0 Å². The first-order chi connectivity index (χ1) is 8.00. The van der Waals surface area contributed by atoms with Crippen molar-refractivity contribution in [1.82, 2.24) is 5.32 Å². The molecule has 2 heteroatoms. The van der Waals surface area contributed by atoms with Gasteiger partial charge in [0.25, 0.3) is 0 Å². The van der Waals surface area contributed by atoms with E-state index in [9.17, 15) is 0 Å². The molecule has 0 rings (SSSR count). The lowest BCUT2D eigenvalue weighted by molar-refractivity contribution is -0.0317. The van der Waals surface area contributed by atoms with Gasteiger partial charge in [0.15, 0.2) is 0 Å². The van der Waals surface area contributed by atoms with Crippen molar-refractivity contribution in [3.05, 3.63) is 0 Å². The molecule has 1 N–H and O–H groups in total. The number of nitrogens with one attached hydrogen (secondary N) is 1. The monoisotopic (exact) mass is 243 g/mol. The molecule has 0 saturated heterocycles. The van der Waals surface area contributed by atoms with Crippen LogP contribution in [0, 0.1) is 5.92 Å². The van der Waals surface area contributed by atoms with Crippen LogP contribution in [0.2, 0.25) is 0 Å². The molecule has 0 amide bonds. The van der Waals surface area contributed by atoms with Gasteiger partial charge in [0.2, 0.25) is 0 Å². The second-order valence-corrected chi connectivity index (χ2v) is 5.70. The molecular formula is C15H33NO. The molecule has 2 atom stereocenters. The van der Waals surface area contributed by atoms with E-state index in [2.05, 4.69) is 39.9 Å². The van der Waals surface area contributed by atoms with Gasteiger partial charge in [0, 0.05) is 13.2 Å². The maximum atomic E-state index is 5.74. The zero-order chi connectivity index (χ0) is 13.3. The van der Waals surface area contributed by atoms with Gasteiger partial charge in [-0.15, -0.1) is 0 Å². The first kappa shape index (κ1) is 16.9. The van der Waals surface area contributed by atoms with Crippen molar-refractivity contribution in [2.24, 2.45) is 5.92 Å². The Morgan fingerprint density at radius 1 is 1.18 bits per heavy atom. The van der Waals surface area contributed by atoms with Crippen molar-refractivity contribution >= 4 is 0 Å². The topological polar surface area (TPSA) is 21.3 Å². The SMILES string of the molecule is CCCNC(CCCC(C)C)C(C)(CC)OC. The highest BCUT2D eigenvalue weighted by Gasteiger charge is 2.31. The van der Waals surface area contributed by atoms with Crippen LogP contribution in [-0.2, 0) is 4.74 Å². The molecule has 0 aromatic carbocycles. The Balaban J connectivity index is 4.30. The quantitative estimate of drug-likeness (QED) is 0.626. The van der Waals surface area contributed by atoms with Gasteiger partial charge >= 0.3 is 0 Å². The number of hydrogen-bond acceptors (Lipinski definition) is 2. The highest BCUT2D eigenvalue weighted by atomic mass is 16.5. The predicted octanol–water partition coefficient (Wildman–Crippen LogP) is 4.00. The zero-order valence-corrected chi connectivity index (χ0v) is 12.8. The van der Waals surface area contributed by atoms with Crippen molar-refractivity contribution in [2.75, 3.05) is 13.7 Å². The number of ether oxygens (including phenoxy) is 1. The molecule has 0 aromatic rings. The molecule has 0 aromatic heterocycles. The minimum absolute atomic E-state index is 0.0217. The van der Waals surface area contributed by atoms with Crippen molar-refractivity contribution in [3.8, 4) is 0 Å². The van der Waals surface area contributed by atoms with E-state index in [0.717, 1.165) is 18.9 Å². The molecule has 17 heavy (non-hydrogen) atoms. The van der Waals surface area contributed by atoms with E-state index >= 15 is 0 Å². The van der Waals surface area contributed by atoms with Crippen molar-refractivity contribution < 1.29 is 4.74 Å². The summed E-state index contributed by atoms with van der Waals surface area (Å²) in [7, 11) is 1.84. The van der Waals surface area contributed by atoms with Crippen LogP contribution in [0.5, 0.6) is 0 Å². The lowest BCUT2D eigenvalue weighted by Gasteiger charge is -2.37. The van der Waals surface area contributed by atoms with Gasteiger partial charge in [-0.3, -0.25) is 0 Å². The van der Waals surface area contributed by atoms with E-state index in [4.69, 9.17) is 4.74 Å². The number of rotatable bonds is 10. The second-order valence-electron chi connectivity index (χ2n) is 5.70. The van der Waals surface area contributed by atoms with Gasteiger partial charge in [-0.2, -0.15) is 0 Å². The number of hydrogen-bond donors (Lipinski definition) is 1. The van der Waals surface area contributed by atoms with Crippen molar-refractivity contribution in [3.63, 3.8) is 0 Å². The van der Waals surface area contributed by atoms with Gasteiger partial charge in [-0.05, 0) is 38.6 Å². The van der Waals surface area contributed by atoms with Gasteiger partial charge in [-0.25, -0.2) is 0 Å². The Labute approximate surface area is 109 Å². The molecule has 0 aliphatic carbocycles. The van der Waals surface area contributed by atoms with Gasteiger partial charge in [0.05, 0.1) is 5.60 Å². The molecule has 0 heterocycles. The molecule has 0 fully saturated rings. The summed E-state index contributed by atoms with van der Waals surface area (Å²) < 4.78 is 5.74. The first-order valence-corrected chi connectivity index (χ1v) is 7.28.